The van der Waals surface area contributed by atoms with Crippen molar-refractivity contribution in [2.75, 3.05) is 36.8 Å². The predicted octanol–water partition coefficient (Wildman–Crippen LogP) is 3.10. The smallest absolute Gasteiger partial charge is 0.232 e. The zero-order valence-corrected chi connectivity index (χ0v) is 19.3. The molecule has 1 aliphatic heterocycles. The standard InChI is InChI=1S/C24H25N7OS/c1-18-7-9-20(10-8-18)31-24-22(27-28-31)23(25-17-26-24)30-13-11-29(12-14-30)21(32)16-33-15-19-5-3-2-4-6-19/h2-10,17H,11-16H2,1H3. The normalized spacial score (nSPS) is 14.1. The van der Waals surface area contributed by atoms with Crippen molar-refractivity contribution >= 4 is 34.7 Å². The first kappa shape index (κ1) is 21.4. The van der Waals surface area contributed by atoms with Gasteiger partial charge in [-0.15, -0.1) is 16.9 Å². The summed E-state index contributed by atoms with van der Waals surface area (Å²) in [7, 11) is 0. The quantitative estimate of drug-likeness (QED) is 0.438. The minimum atomic E-state index is 0.189. The Bertz CT molecular complexity index is 1230. The third kappa shape index (κ3) is 4.68. The predicted molar refractivity (Wildman–Crippen MR) is 131 cm³/mol. The summed E-state index contributed by atoms with van der Waals surface area (Å²) in [6.45, 7) is 4.80. The number of aromatic nitrogens is 5. The second-order valence-corrected chi connectivity index (χ2v) is 9.04. The van der Waals surface area contributed by atoms with E-state index in [2.05, 4.69) is 44.2 Å². The van der Waals surface area contributed by atoms with Gasteiger partial charge in [0.25, 0.3) is 0 Å². The van der Waals surface area contributed by atoms with Gasteiger partial charge in [0, 0.05) is 31.9 Å². The Balaban J connectivity index is 1.22. The van der Waals surface area contributed by atoms with Crippen molar-refractivity contribution in [1.29, 1.82) is 0 Å². The monoisotopic (exact) mass is 459 g/mol. The summed E-state index contributed by atoms with van der Waals surface area (Å²) < 4.78 is 1.74. The van der Waals surface area contributed by atoms with Crippen molar-refractivity contribution in [3.63, 3.8) is 0 Å². The Morgan fingerprint density at radius 2 is 1.73 bits per heavy atom. The van der Waals surface area contributed by atoms with Crippen LogP contribution in [0.3, 0.4) is 0 Å². The van der Waals surface area contributed by atoms with E-state index in [1.54, 1.807) is 22.8 Å². The molecule has 8 nitrogen and oxygen atoms in total. The second kappa shape index (κ2) is 9.58. The third-order valence-corrected chi connectivity index (χ3v) is 6.75. The molecule has 0 atom stereocenters. The number of thioether (sulfide) groups is 1. The number of hydrogen-bond donors (Lipinski definition) is 0. The van der Waals surface area contributed by atoms with E-state index in [1.807, 2.05) is 47.4 Å². The Morgan fingerprint density at radius 1 is 0.970 bits per heavy atom. The number of anilines is 1. The number of piperazine rings is 1. The van der Waals surface area contributed by atoms with Gasteiger partial charge < -0.3 is 9.80 Å². The number of rotatable bonds is 6. The first-order valence-corrected chi connectivity index (χ1v) is 12.1. The van der Waals surface area contributed by atoms with Gasteiger partial charge in [0.15, 0.2) is 17.0 Å². The van der Waals surface area contributed by atoms with Crippen LogP contribution in [-0.2, 0) is 10.5 Å². The summed E-state index contributed by atoms with van der Waals surface area (Å²) in [6.07, 6.45) is 1.56. The molecule has 0 bridgehead atoms. The van der Waals surface area contributed by atoms with Crippen LogP contribution in [0.15, 0.2) is 60.9 Å². The summed E-state index contributed by atoms with van der Waals surface area (Å²) in [5.41, 5.74) is 4.70. The third-order valence-electron chi connectivity index (χ3n) is 5.77. The van der Waals surface area contributed by atoms with Crippen molar-refractivity contribution < 1.29 is 4.79 Å². The van der Waals surface area contributed by atoms with Gasteiger partial charge in [-0.25, -0.2) is 9.97 Å². The van der Waals surface area contributed by atoms with E-state index >= 15 is 0 Å². The van der Waals surface area contributed by atoms with Crippen LogP contribution in [0, 0.1) is 6.92 Å². The molecule has 0 spiro atoms. The topological polar surface area (TPSA) is 80.0 Å². The maximum atomic E-state index is 12.7. The Hall–Kier alpha value is -3.46. The lowest BCUT2D eigenvalue weighted by atomic mass is 10.2. The largest absolute Gasteiger partial charge is 0.351 e. The van der Waals surface area contributed by atoms with Crippen LogP contribution in [0.4, 0.5) is 5.82 Å². The minimum absolute atomic E-state index is 0.189. The molecule has 2 aromatic heterocycles. The van der Waals surface area contributed by atoms with Gasteiger partial charge in [-0.1, -0.05) is 53.2 Å². The van der Waals surface area contributed by atoms with Gasteiger partial charge in [-0.05, 0) is 24.6 Å². The van der Waals surface area contributed by atoms with Crippen LogP contribution in [0.1, 0.15) is 11.1 Å². The van der Waals surface area contributed by atoms with E-state index in [0.29, 0.717) is 43.1 Å². The van der Waals surface area contributed by atoms with Gasteiger partial charge in [0.05, 0.1) is 11.4 Å². The highest BCUT2D eigenvalue weighted by Crippen LogP contribution is 2.24. The lowest BCUT2D eigenvalue weighted by Gasteiger charge is -2.35. The molecular weight excluding hydrogens is 434 g/mol. The highest BCUT2D eigenvalue weighted by Gasteiger charge is 2.24. The SMILES string of the molecule is Cc1ccc(-n2nnc3c(N4CCN(C(=O)CSCc5ccccc5)CC4)ncnc32)cc1. The van der Waals surface area contributed by atoms with Crippen LogP contribution in [0.2, 0.25) is 0 Å². The molecule has 0 unspecified atom stereocenters. The highest BCUT2D eigenvalue weighted by atomic mass is 32.2. The lowest BCUT2D eigenvalue weighted by molar-refractivity contribution is -0.128. The molecule has 0 aliphatic carbocycles. The first-order valence-electron chi connectivity index (χ1n) is 11.0. The van der Waals surface area contributed by atoms with Gasteiger partial charge in [-0.3, -0.25) is 4.79 Å². The molecular formula is C24H25N7OS. The summed E-state index contributed by atoms with van der Waals surface area (Å²) in [6, 6.07) is 18.3. The lowest BCUT2D eigenvalue weighted by Crippen LogP contribution is -2.49. The average molecular weight is 460 g/mol. The van der Waals surface area contributed by atoms with Gasteiger partial charge in [0.1, 0.15) is 6.33 Å². The number of carbonyl (C=O) groups excluding carboxylic acids is 1. The van der Waals surface area contributed by atoms with Crippen LogP contribution in [0.25, 0.3) is 16.9 Å². The van der Waals surface area contributed by atoms with Crippen molar-refractivity contribution in [1.82, 2.24) is 29.9 Å². The van der Waals surface area contributed by atoms with E-state index in [-0.39, 0.29) is 5.91 Å². The highest BCUT2D eigenvalue weighted by molar-refractivity contribution is 7.99. The van der Waals surface area contributed by atoms with Gasteiger partial charge in [0.2, 0.25) is 5.91 Å². The number of aryl methyl sites for hydroxylation is 1. The fraction of sp³-hybridized carbons (Fsp3) is 0.292. The van der Waals surface area contributed by atoms with E-state index in [1.165, 1.54) is 11.1 Å². The fourth-order valence-corrected chi connectivity index (χ4v) is 4.80. The zero-order chi connectivity index (χ0) is 22.6. The average Bonchev–Trinajstić information content (AvgIpc) is 3.30. The molecule has 1 saturated heterocycles. The number of benzene rings is 2. The van der Waals surface area contributed by atoms with Gasteiger partial charge >= 0.3 is 0 Å². The van der Waals surface area contributed by atoms with E-state index in [0.717, 1.165) is 17.3 Å². The fourth-order valence-electron chi connectivity index (χ4n) is 3.92. The van der Waals surface area contributed by atoms with Crippen LogP contribution in [-0.4, -0.2) is 67.7 Å². The molecule has 5 rings (SSSR count). The van der Waals surface area contributed by atoms with Crippen LogP contribution in [0.5, 0.6) is 0 Å². The molecule has 1 aliphatic rings. The Labute approximate surface area is 196 Å². The molecule has 1 fully saturated rings. The summed E-state index contributed by atoms with van der Waals surface area (Å²) >= 11 is 1.66. The number of amides is 1. The van der Waals surface area contributed by atoms with E-state index < -0.39 is 0 Å². The van der Waals surface area contributed by atoms with Crippen molar-refractivity contribution in [3.8, 4) is 5.69 Å². The number of carbonyl (C=O) groups is 1. The molecule has 0 saturated carbocycles. The Kier molecular flexibility index (Phi) is 6.21. The molecule has 33 heavy (non-hydrogen) atoms. The summed E-state index contributed by atoms with van der Waals surface area (Å²) in [4.78, 5) is 25.7. The van der Waals surface area contributed by atoms with Crippen LogP contribution < -0.4 is 4.90 Å². The maximum Gasteiger partial charge on any atom is 0.232 e. The number of fused-ring (bicyclic) bond motifs is 1. The molecule has 1 amide bonds. The molecule has 0 N–H and O–H groups in total. The molecule has 9 heteroatoms. The van der Waals surface area contributed by atoms with E-state index in [4.69, 9.17) is 0 Å². The van der Waals surface area contributed by atoms with Crippen molar-refractivity contribution in [2.45, 2.75) is 12.7 Å². The van der Waals surface area contributed by atoms with Crippen molar-refractivity contribution in [2.24, 2.45) is 0 Å². The molecule has 2 aromatic carbocycles. The van der Waals surface area contributed by atoms with Crippen LogP contribution >= 0.6 is 11.8 Å². The number of hydrogen-bond acceptors (Lipinski definition) is 7. The second-order valence-electron chi connectivity index (χ2n) is 8.05. The molecule has 168 valence electrons. The number of nitrogens with zero attached hydrogens (tertiary/aromatic N) is 7. The van der Waals surface area contributed by atoms with E-state index in [9.17, 15) is 4.79 Å². The summed E-state index contributed by atoms with van der Waals surface area (Å²) in [5, 5.41) is 8.70. The Morgan fingerprint density at radius 3 is 2.48 bits per heavy atom. The minimum Gasteiger partial charge on any atom is -0.351 e. The zero-order valence-electron chi connectivity index (χ0n) is 18.5. The molecule has 0 radical (unpaired) electrons. The first-order chi connectivity index (χ1) is 16.2. The maximum absolute atomic E-state index is 12.7. The summed E-state index contributed by atoms with van der Waals surface area (Å²) in [5.74, 6) is 2.30. The van der Waals surface area contributed by atoms with Crippen molar-refractivity contribution in [3.05, 3.63) is 72.1 Å². The molecule has 3 heterocycles. The molecule has 4 aromatic rings. The van der Waals surface area contributed by atoms with Gasteiger partial charge in [-0.2, -0.15) is 4.68 Å².